The Labute approximate surface area is 169 Å². The van der Waals surface area contributed by atoms with Crippen LogP contribution in [0.4, 0.5) is 15.8 Å². The van der Waals surface area contributed by atoms with E-state index in [1.165, 1.54) is 17.0 Å². The summed E-state index contributed by atoms with van der Waals surface area (Å²) in [6, 6.07) is 12.7. The summed E-state index contributed by atoms with van der Waals surface area (Å²) in [5.41, 5.74) is 1.28. The van der Waals surface area contributed by atoms with Gasteiger partial charge >= 0.3 is 0 Å². The van der Waals surface area contributed by atoms with Crippen molar-refractivity contribution < 1.29 is 18.8 Å². The van der Waals surface area contributed by atoms with Gasteiger partial charge < -0.3 is 15.1 Å². The molecule has 0 aliphatic carbocycles. The number of nitrogens with one attached hydrogen (secondary N) is 1. The summed E-state index contributed by atoms with van der Waals surface area (Å²) in [6.45, 7) is 5.22. The number of nitrogens with zero attached hydrogens (tertiary/aromatic N) is 2. The average molecular weight is 397 g/mol. The Morgan fingerprint density at radius 2 is 1.76 bits per heavy atom. The molecule has 1 unspecified atom stereocenters. The minimum atomic E-state index is -0.570. The van der Waals surface area contributed by atoms with Gasteiger partial charge in [-0.3, -0.25) is 14.4 Å². The first-order chi connectivity index (χ1) is 13.9. The highest BCUT2D eigenvalue weighted by Crippen LogP contribution is 2.28. The van der Waals surface area contributed by atoms with Crippen LogP contribution in [0.25, 0.3) is 0 Å². The van der Waals surface area contributed by atoms with E-state index >= 15 is 0 Å². The van der Waals surface area contributed by atoms with Crippen molar-refractivity contribution in [2.24, 2.45) is 5.92 Å². The second-order valence-corrected chi connectivity index (χ2v) is 6.90. The number of para-hydroxylation sites is 1. The Kier molecular flexibility index (Phi) is 6.26. The zero-order valence-corrected chi connectivity index (χ0v) is 16.5. The lowest BCUT2D eigenvalue weighted by molar-refractivity contribution is -0.122. The van der Waals surface area contributed by atoms with Crippen molar-refractivity contribution in [1.82, 2.24) is 4.90 Å². The third-order valence-electron chi connectivity index (χ3n) is 5.09. The number of hydrogen-bond donors (Lipinski definition) is 1. The Hall–Kier alpha value is -3.22. The van der Waals surface area contributed by atoms with E-state index in [2.05, 4.69) is 5.32 Å². The molecule has 1 atom stereocenters. The quantitative estimate of drug-likeness (QED) is 0.813. The predicted molar refractivity (Wildman–Crippen MR) is 109 cm³/mol. The van der Waals surface area contributed by atoms with Crippen LogP contribution >= 0.6 is 0 Å². The van der Waals surface area contributed by atoms with Crippen molar-refractivity contribution in [3.05, 3.63) is 59.9 Å². The number of rotatable bonds is 6. The lowest BCUT2D eigenvalue weighted by Gasteiger charge is -2.19. The van der Waals surface area contributed by atoms with Crippen molar-refractivity contribution in [2.75, 3.05) is 29.9 Å². The Balaban J connectivity index is 1.64. The predicted octanol–water partition coefficient (Wildman–Crippen LogP) is 3.30. The van der Waals surface area contributed by atoms with E-state index in [4.69, 9.17) is 0 Å². The molecule has 7 heteroatoms. The van der Waals surface area contributed by atoms with E-state index < -0.39 is 11.7 Å². The molecular weight excluding hydrogens is 373 g/mol. The van der Waals surface area contributed by atoms with Crippen molar-refractivity contribution in [3.63, 3.8) is 0 Å². The van der Waals surface area contributed by atoms with Crippen LogP contribution in [0.2, 0.25) is 0 Å². The maximum Gasteiger partial charge on any atom is 0.253 e. The Bertz CT molecular complexity index is 910. The van der Waals surface area contributed by atoms with Crippen LogP contribution in [0.3, 0.4) is 0 Å². The highest BCUT2D eigenvalue weighted by molar-refractivity contribution is 6.03. The first kappa shape index (κ1) is 20.5. The van der Waals surface area contributed by atoms with Crippen LogP contribution in [-0.2, 0) is 9.59 Å². The maximum atomic E-state index is 14.0. The van der Waals surface area contributed by atoms with Gasteiger partial charge in [-0.2, -0.15) is 0 Å². The van der Waals surface area contributed by atoms with Crippen molar-refractivity contribution in [3.8, 4) is 0 Å². The fraction of sp³-hybridized carbons (Fsp3) is 0.318. The van der Waals surface area contributed by atoms with Crippen LogP contribution in [-0.4, -0.2) is 42.3 Å². The van der Waals surface area contributed by atoms with Gasteiger partial charge in [0.1, 0.15) is 5.82 Å². The van der Waals surface area contributed by atoms with E-state index in [-0.39, 0.29) is 36.4 Å². The second kappa shape index (κ2) is 8.86. The molecule has 152 valence electrons. The molecule has 3 amide bonds. The van der Waals surface area contributed by atoms with Gasteiger partial charge in [0.15, 0.2) is 0 Å². The van der Waals surface area contributed by atoms with E-state index in [1.54, 1.807) is 41.3 Å². The van der Waals surface area contributed by atoms with E-state index in [1.807, 2.05) is 13.8 Å². The summed E-state index contributed by atoms with van der Waals surface area (Å²) in [4.78, 5) is 40.2. The topological polar surface area (TPSA) is 69.7 Å². The molecule has 1 aliphatic heterocycles. The fourth-order valence-electron chi connectivity index (χ4n) is 3.42. The highest BCUT2D eigenvalue weighted by Gasteiger charge is 2.36. The SMILES string of the molecule is CCN(CC)C(=O)c1ccc(NC(=O)C2CC(=O)N(c3ccccc3F)C2)cc1. The molecule has 2 aromatic carbocycles. The van der Waals surface area contributed by atoms with Gasteiger partial charge in [0.05, 0.1) is 11.6 Å². The summed E-state index contributed by atoms with van der Waals surface area (Å²) in [6.07, 6.45) is 0.0265. The molecule has 1 aliphatic rings. The molecule has 1 saturated heterocycles. The standard InChI is InChI=1S/C22H24FN3O3/c1-3-25(4-2)22(29)15-9-11-17(12-10-15)24-21(28)16-13-20(27)26(14-16)19-8-6-5-7-18(19)23/h5-12,16H,3-4,13-14H2,1-2H3,(H,24,28). The first-order valence-corrected chi connectivity index (χ1v) is 9.69. The average Bonchev–Trinajstić information content (AvgIpc) is 3.11. The summed E-state index contributed by atoms with van der Waals surface area (Å²) < 4.78 is 14.0. The molecule has 3 rings (SSSR count). The summed E-state index contributed by atoms with van der Waals surface area (Å²) in [7, 11) is 0. The van der Waals surface area contributed by atoms with E-state index in [0.29, 0.717) is 24.3 Å². The smallest absolute Gasteiger partial charge is 0.253 e. The number of amides is 3. The molecule has 0 aromatic heterocycles. The second-order valence-electron chi connectivity index (χ2n) is 6.90. The minimum absolute atomic E-state index is 0.0265. The van der Waals surface area contributed by atoms with Crippen molar-refractivity contribution in [1.29, 1.82) is 0 Å². The molecule has 6 nitrogen and oxygen atoms in total. The van der Waals surface area contributed by atoms with Crippen molar-refractivity contribution in [2.45, 2.75) is 20.3 Å². The normalized spacial score (nSPS) is 16.0. The third-order valence-corrected chi connectivity index (χ3v) is 5.09. The van der Waals surface area contributed by atoms with Crippen LogP contribution in [0, 0.1) is 11.7 Å². The first-order valence-electron chi connectivity index (χ1n) is 9.69. The van der Waals surface area contributed by atoms with Crippen molar-refractivity contribution >= 4 is 29.1 Å². The number of hydrogen-bond acceptors (Lipinski definition) is 3. The number of carbonyl (C=O) groups excluding carboxylic acids is 3. The number of carbonyl (C=O) groups is 3. The molecule has 0 radical (unpaired) electrons. The summed E-state index contributed by atoms with van der Waals surface area (Å²) in [5.74, 6) is -1.71. The molecule has 2 aromatic rings. The lowest BCUT2D eigenvalue weighted by atomic mass is 10.1. The monoisotopic (exact) mass is 397 g/mol. The Morgan fingerprint density at radius 3 is 2.38 bits per heavy atom. The largest absolute Gasteiger partial charge is 0.339 e. The van der Waals surface area contributed by atoms with Gasteiger partial charge in [-0.15, -0.1) is 0 Å². The number of halogens is 1. The summed E-state index contributed by atoms with van der Waals surface area (Å²) in [5, 5.41) is 2.78. The van der Waals surface area contributed by atoms with Gasteiger partial charge in [0.25, 0.3) is 5.91 Å². The van der Waals surface area contributed by atoms with Gasteiger partial charge in [-0.05, 0) is 50.2 Å². The third kappa shape index (κ3) is 4.45. The van der Waals surface area contributed by atoms with Gasteiger partial charge in [0.2, 0.25) is 11.8 Å². The van der Waals surface area contributed by atoms with E-state index in [0.717, 1.165) is 0 Å². The zero-order chi connectivity index (χ0) is 21.0. The van der Waals surface area contributed by atoms with Gasteiger partial charge in [-0.25, -0.2) is 4.39 Å². The molecule has 1 fully saturated rings. The minimum Gasteiger partial charge on any atom is -0.339 e. The molecule has 0 spiro atoms. The lowest BCUT2D eigenvalue weighted by Crippen LogP contribution is -2.30. The van der Waals surface area contributed by atoms with Crippen LogP contribution in [0.5, 0.6) is 0 Å². The molecule has 29 heavy (non-hydrogen) atoms. The van der Waals surface area contributed by atoms with Crippen LogP contribution < -0.4 is 10.2 Å². The molecule has 1 heterocycles. The van der Waals surface area contributed by atoms with Gasteiger partial charge in [-0.1, -0.05) is 12.1 Å². The highest BCUT2D eigenvalue weighted by atomic mass is 19.1. The summed E-state index contributed by atoms with van der Waals surface area (Å²) >= 11 is 0. The number of anilines is 2. The zero-order valence-electron chi connectivity index (χ0n) is 16.5. The van der Waals surface area contributed by atoms with Crippen LogP contribution in [0.15, 0.2) is 48.5 Å². The molecule has 1 N–H and O–H groups in total. The fourth-order valence-corrected chi connectivity index (χ4v) is 3.42. The number of benzene rings is 2. The van der Waals surface area contributed by atoms with Gasteiger partial charge in [0, 0.05) is 37.3 Å². The molecule has 0 bridgehead atoms. The molecular formula is C22H24FN3O3. The van der Waals surface area contributed by atoms with Crippen LogP contribution in [0.1, 0.15) is 30.6 Å². The molecule has 0 saturated carbocycles. The maximum absolute atomic E-state index is 14.0. The Morgan fingerprint density at radius 1 is 1.10 bits per heavy atom. The van der Waals surface area contributed by atoms with E-state index in [9.17, 15) is 18.8 Å².